The van der Waals surface area contributed by atoms with Crippen molar-refractivity contribution in [3.05, 3.63) is 144 Å². The molecule has 1 fully saturated rings. The highest BCUT2D eigenvalue weighted by Crippen LogP contribution is 2.30. The molecule has 4 atom stereocenters. The molecular weight excluding hydrogens is 566 g/mol. The molecule has 4 aromatic carbocycles. The highest BCUT2D eigenvalue weighted by Gasteiger charge is 2.46. The maximum Gasteiger partial charge on any atom is 0.305 e. The van der Waals surface area contributed by atoms with E-state index in [0.29, 0.717) is 52.4 Å². The molecule has 0 N–H and O–H groups in total. The zero-order valence-electron chi connectivity index (χ0n) is 25.9. The number of esters is 1. The van der Waals surface area contributed by atoms with Crippen molar-refractivity contribution in [1.29, 1.82) is 0 Å². The number of hydrogen-bond acceptors (Lipinski definition) is 7. The topological polar surface area (TPSA) is 66.5 Å². The molecule has 0 aliphatic carbocycles. The summed E-state index contributed by atoms with van der Waals surface area (Å²) in [7, 11) is 1.42. The number of hydrogen-bond donors (Lipinski definition) is 0. The molecule has 0 aromatic heterocycles. The van der Waals surface area contributed by atoms with Crippen LogP contribution in [0.15, 0.2) is 121 Å². The minimum absolute atomic E-state index is 0.230. The van der Waals surface area contributed by atoms with Gasteiger partial charge in [-0.15, -0.1) is 0 Å². The average molecular weight is 610 g/mol. The fourth-order valence-electron chi connectivity index (χ4n) is 5.56. The normalized spacial score (nSPS) is 20.1. The maximum absolute atomic E-state index is 12.0. The molecular formula is C38H43NO6. The van der Waals surface area contributed by atoms with E-state index in [0.717, 1.165) is 22.3 Å². The Morgan fingerprint density at radius 2 is 1.02 bits per heavy atom. The minimum Gasteiger partial charge on any atom is -0.469 e. The second-order valence-corrected chi connectivity index (χ2v) is 11.2. The van der Waals surface area contributed by atoms with Gasteiger partial charge in [0.1, 0.15) is 18.4 Å². The summed E-state index contributed by atoms with van der Waals surface area (Å²) in [4.78, 5) is 14.3. The van der Waals surface area contributed by atoms with E-state index in [1.54, 1.807) is 0 Å². The first-order chi connectivity index (χ1) is 22.2. The van der Waals surface area contributed by atoms with Crippen molar-refractivity contribution in [3.63, 3.8) is 0 Å². The number of piperidine rings is 1. The van der Waals surface area contributed by atoms with Crippen LogP contribution < -0.4 is 0 Å². The molecule has 1 aliphatic rings. The predicted octanol–water partition coefficient (Wildman–Crippen LogP) is 6.55. The highest BCUT2D eigenvalue weighted by molar-refractivity contribution is 5.69. The Morgan fingerprint density at radius 3 is 1.49 bits per heavy atom. The zero-order chi connectivity index (χ0) is 31.1. The van der Waals surface area contributed by atoms with Gasteiger partial charge in [0.15, 0.2) is 0 Å². The van der Waals surface area contributed by atoms with Crippen LogP contribution in [0, 0.1) is 0 Å². The first-order valence-electron chi connectivity index (χ1n) is 15.6. The van der Waals surface area contributed by atoms with Gasteiger partial charge in [0.05, 0.1) is 39.6 Å². The molecule has 0 unspecified atom stereocenters. The molecule has 45 heavy (non-hydrogen) atoms. The number of benzene rings is 4. The summed E-state index contributed by atoms with van der Waals surface area (Å²) in [6, 6.07) is 40.6. The zero-order valence-corrected chi connectivity index (χ0v) is 25.9. The fourth-order valence-corrected chi connectivity index (χ4v) is 5.56. The molecule has 1 aliphatic heterocycles. The summed E-state index contributed by atoms with van der Waals surface area (Å²) < 4.78 is 31.8. The van der Waals surface area contributed by atoms with Crippen molar-refractivity contribution in [2.75, 3.05) is 20.2 Å². The molecule has 0 radical (unpaired) electrons. The standard InChI is InChI=1S/C38H43NO6/c1-41-35(40)23-14-24-39-25-34(42-26-30-15-6-2-7-16-30)36(43-27-31-17-8-3-9-18-31)37(44-28-32-19-10-4-11-20-32)38(39)45-29-33-21-12-5-13-22-33/h2-13,15-22,34,36-38H,14,23-29H2,1H3/t34-,36+,37-,38+/m0/s1. The Balaban J connectivity index is 1.44. The van der Waals surface area contributed by atoms with Crippen LogP contribution in [-0.2, 0) is 54.9 Å². The fraction of sp³-hybridized carbons (Fsp3) is 0.342. The molecule has 4 aromatic rings. The summed E-state index contributed by atoms with van der Waals surface area (Å²) in [6.45, 7) is 2.81. The van der Waals surface area contributed by atoms with Crippen molar-refractivity contribution >= 4 is 5.97 Å². The van der Waals surface area contributed by atoms with E-state index < -0.39 is 18.4 Å². The van der Waals surface area contributed by atoms with Gasteiger partial charge in [-0.2, -0.15) is 0 Å². The molecule has 1 saturated heterocycles. The van der Waals surface area contributed by atoms with E-state index in [4.69, 9.17) is 23.7 Å². The molecule has 0 amide bonds. The van der Waals surface area contributed by atoms with Crippen LogP contribution in [-0.4, -0.2) is 55.6 Å². The molecule has 1 heterocycles. The quantitative estimate of drug-likeness (QED) is 0.133. The lowest BCUT2D eigenvalue weighted by molar-refractivity contribution is -0.257. The summed E-state index contributed by atoms with van der Waals surface area (Å²) in [5.74, 6) is -0.230. The third kappa shape index (κ3) is 10.1. The van der Waals surface area contributed by atoms with Gasteiger partial charge >= 0.3 is 5.97 Å². The number of carbonyl (C=O) groups excluding carboxylic acids is 1. The van der Waals surface area contributed by atoms with Gasteiger partial charge in [-0.05, 0) is 28.7 Å². The van der Waals surface area contributed by atoms with Crippen molar-refractivity contribution < 1.29 is 28.5 Å². The first-order valence-corrected chi connectivity index (χ1v) is 15.6. The number of carbonyl (C=O) groups is 1. The maximum atomic E-state index is 12.0. The lowest BCUT2D eigenvalue weighted by atomic mass is 9.98. The second-order valence-electron chi connectivity index (χ2n) is 11.2. The highest BCUT2D eigenvalue weighted by atomic mass is 16.6. The Kier molecular flexibility index (Phi) is 12.7. The number of likely N-dealkylation sites (tertiary alicyclic amines) is 1. The van der Waals surface area contributed by atoms with Gasteiger partial charge in [0, 0.05) is 19.5 Å². The second kappa shape index (κ2) is 17.6. The number of rotatable bonds is 16. The van der Waals surface area contributed by atoms with Crippen molar-refractivity contribution in [2.24, 2.45) is 0 Å². The van der Waals surface area contributed by atoms with E-state index >= 15 is 0 Å². The van der Waals surface area contributed by atoms with Crippen LogP contribution in [0.4, 0.5) is 0 Å². The molecule has 0 saturated carbocycles. The van der Waals surface area contributed by atoms with Crippen molar-refractivity contribution in [2.45, 2.75) is 63.8 Å². The Morgan fingerprint density at radius 1 is 0.600 bits per heavy atom. The van der Waals surface area contributed by atoms with E-state index in [-0.39, 0.29) is 12.1 Å². The average Bonchev–Trinajstić information content (AvgIpc) is 3.10. The third-order valence-corrected chi connectivity index (χ3v) is 7.94. The van der Waals surface area contributed by atoms with Crippen molar-refractivity contribution in [1.82, 2.24) is 4.90 Å². The van der Waals surface area contributed by atoms with Gasteiger partial charge in [0.2, 0.25) is 0 Å². The monoisotopic (exact) mass is 609 g/mol. The van der Waals surface area contributed by atoms with Crippen LogP contribution in [0.1, 0.15) is 35.1 Å². The summed E-state index contributed by atoms with van der Waals surface area (Å²) >= 11 is 0. The number of nitrogens with zero attached hydrogens (tertiary/aromatic N) is 1. The Labute approximate surface area is 266 Å². The summed E-state index contributed by atoms with van der Waals surface area (Å²) in [5, 5.41) is 0. The minimum atomic E-state index is -0.481. The van der Waals surface area contributed by atoms with Gasteiger partial charge in [-0.3, -0.25) is 9.69 Å². The Hall–Kier alpha value is -3.85. The predicted molar refractivity (Wildman–Crippen MR) is 173 cm³/mol. The number of methoxy groups -OCH3 is 1. The van der Waals surface area contributed by atoms with Crippen LogP contribution >= 0.6 is 0 Å². The van der Waals surface area contributed by atoms with Gasteiger partial charge in [0.25, 0.3) is 0 Å². The third-order valence-electron chi connectivity index (χ3n) is 7.94. The van der Waals surface area contributed by atoms with Crippen LogP contribution in [0.25, 0.3) is 0 Å². The van der Waals surface area contributed by atoms with Gasteiger partial charge < -0.3 is 23.7 Å². The SMILES string of the molecule is COC(=O)CCCN1C[C@H](OCc2ccccc2)[C@@H](OCc2ccccc2)[C@H](OCc2ccccc2)[C@H]1OCc1ccccc1. The molecule has 5 rings (SSSR count). The van der Waals surface area contributed by atoms with E-state index in [1.807, 2.05) is 72.8 Å². The lowest BCUT2D eigenvalue weighted by Gasteiger charge is -2.48. The van der Waals surface area contributed by atoms with E-state index in [9.17, 15) is 4.79 Å². The van der Waals surface area contributed by atoms with Crippen LogP contribution in [0.2, 0.25) is 0 Å². The Bertz CT molecular complexity index is 1390. The molecule has 0 bridgehead atoms. The van der Waals surface area contributed by atoms with Gasteiger partial charge in [-0.25, -0.2) is 0 Å². The molecule has 7 heteroatoms. The summed E-state index contributed by atoms with van der Waals surface area (Å²) in [5.41, 5.74) is 4.29. The molecule has 7 nitrogen and oxygen atoms in total. The van der Waals surface area contributed by atoms with Crippen LogP contribution in [0.5, 0.6) is 0 Å². The largest absolute Gasteiger partial charge is 0.469 e. The van der Waals surface area contributed by atoms with Crippen molar-refractivity contribution in [3.8, 4) is 0 Å². The molecule has 0 spiro atoms. The first kappa shape index (κ1) is 32.5. The molecule has 236 valence electrons. The van der Waals surface area contributed by atoms with E-state index in [1.165, 1.54) is 7.11 Å². The van der Waals surface area contributed by atoms with Gasteiger partial charge in [-0.1, -0.05) is 121 Å². The van der Waals surface area contributed by atoms with Crippen LogP contribution in [0.3, 0.4) is 0 Å². The van der Waals surface area contributed by atoms with E-state index in [2.05, 4.69) is 53.4 Å². The lowest BCUT2D eigenvalue weighted by Crippen LogP contribution is -2.64. The summed E-state index contributed by atoms with van der Waals surface area (Å²) in [6.07, 6.45) is -0.726. The smallest absolute Gasteiger partial charge is 0.305 e. The number of ether oxygens (including phenoxy) is 5.